The van der Waals surface area contributed by atoms with Gasteiger partial charge in [0, 0.05) is 45.8 Å². The van der Waals surface area contributed by atoms with Gasteiger partial charge in [-0.25, -0.2) is 19.2 Å². The molecule has 0 aliphatic carbocycles. The molecule has 4 atom stereocenters. The van der Waals surface area contributed by atoms with Crippen molar-refractivity contribution in [3.63, 3.8) is 0 Å². The molecule has 0 amide bonds. The molecular formula is C42H68N4O12. The molecule has 0 N–H and O–H groups in total. The van der Waals surface area contributed by atoms with Gasteiger partial charge in [-0.3, -0.25) is 0 Å². The number of nitrogens with zero attached hydrogens (tertiary/aromatic N) is 4. The van der Waals surface area contributed by atoms with Gasteiger partial charge in [-0.2, -0.15) is 0 Å². The van der Waals surface area contributed by atoms with Crippen molar-refractivity contribution in [1.29, 1.82) is 0 Å². The van der Waals surface area contributed by atoms with Gasteiger partial charge in [-0.15, -0.1) is 41.1 Å². The van der Waals surface area contributed by atoms with Crippen LogP contribution in [0, 0.1) is 23.7 Å². The molecular weight excluding hydrogens is 752 g/mol. The third kappa shape index (κ3) is 8.72. The first-order valence-corrected chi connectivity index (χ1v) is 20.4. The van der Waals surface area contributed by atoms with Gasteiger partial charge in [-0.05, 0) is 136 Å². The molecule has 4 fully saturated rings. The maximum absolute atomic E-state index is 14.3. The molecule has 4 saturated heterocycles. The van der Waals surface area contributed by atoms with Gasteiger partial charge in [0.25, 0.3) is 0 Å². The van der Waals surface area contributed by atoms with Crippen LogP contribution in [0.4, 0.5) is 0 Å². The van der Waals surface area contributed by atoms with E-state index < -0.39 is 103 Å². The lowest BCUT2D eigenvalue weighted by Crippen LogP contribution is -2.47. The largest absolute Gasteiger partial charge is 0.462 e. The summed E-state index contributed by atoms with van der Waals surface area (Å²) in [7, 11) is 0. The molecule has 4 aliphatic rings. The zero-order valence-corrected chi connectivity index (χ0v) is 37.7. The second-order valence-corrected chi connectivity index (χ2v) is 21.8. The Labute approximate surface area is 344 Å². The first kappa shape index (κ1) is 48.0. The third-order valence-corrected chi connectivity index (χ3v) is 14.0. The summed E-state index contributed by atoms with van der Waals surface area (Å²) >= 11 is 0. The molecule has 4 heterocycles. The van der Waals surface area contributed by atoms with Crippen molar-refractivity contribution in [3.05, 3.63) is 11.1 Å². The van der Waals surface area contributed by atoms with Crippen molar-refractivity contribution in [2.24, 2.45) is 23.7 Å². The molecule has 4 aliphatic heterocycles. The van der Waals surface area contributed by atoms with Crippen LogP contribution in [0.1, 0.15) is 136 Å². The molecule has 0 aromatic heterocycles. The minimum absolute atomic E-state index is 0.337. The van der Waals surface area contributed by atoms with Gasteiger partial charge in [0.05, 0.1) is 48.6 Å². The Morgan fingerprint density at radius 2 is 0.517 bits per heavy atom. The zero-order chi connectivity index (χ0) is 44.6. The summed E-state index contributed by atoms with van der Waals surface area (Å²) in [6.07, 6.45) is 1.35. The normalized spacial score (nSPS) is 30.5. The average Bonchev–Trinajstić information content (AvgIpc) is 3.52. The lowest BCUT2D eigenvalue weighted by molar-refractivity contribution is -0.249. The maximum atomic E-state index is 14.3. The van der Waals surface area contributed by atoms with Gasteiger partial charge < -0.3 is 18.9 Å². The van der Waals surface area contributed by atoms with E-state index in [-0.39, 0.29) is 26.4 Å². The van der Waals surface area contributed by atoms with Crippen molar-refractivity contribution in [3.8, 4) is 0 Å². The number of hydrogen-bond acceptors (Lipinski definition) is 12. The van der Waals surface area contributed by atoms with Crippen LogP contribution in [0.5, 0.6) is 0 Å². The van der Waals surface area contributed by atoms with E-state index in [1.54, 1.807) is 111 Å². The molecule has 0 spiro atoms. The highest BCUT2D eigenvalue weighted by Crippen LogP contribution is 2.47. The molecule has 58 heavy (non-hydrogen) atoms. The van der Waals surface area contributed by atoms with Crippen LogP contribution in [0.3, 0.4) is 0 Å². The van der Waals surface area contributed by atoms with E-state index in [0.717, 1.165) is 20.3 Å². The Hall–Kier alpha value is -2.70. The van der Waals surface area contributed by atoms with Crippen molar-refractivity contribution in [1.82, 2.24) is 20.3 Å². The van der Waals surface area contributed by atoms with Crippen LogP contribution in [-0.4, -0.2) is 115 Å². The number of carbonyl (C=O) groups is 4. The summed E-state index contributed by atoms with van der Waals surface area (Å²) in [4.78, 5) is 57.1. The number of hydroxylamine groups is 8. The van der Waals surface area contributed by atoms with E-state index in [1.807, 2.05) is 0 Å². The van der Waals surface area contributed by atoms with Crippen molar-refractivity contribution in [2.45, 2.75) is 181 Å². The number of carbonyl (C=O) groups excluding carboxylic acids is 4. The predicted octanol–water partition coefficient (Wildman–Crippen LogP) is 5.35. The molecule has 0 aromatic rings. The predicted molar refractivity (Wildman–Crippen MR) is 206 cm³/mol. The molecule has 4 rings (SSSR count). The fourth-order valence-corrected chi connectivity index (χ4v) is 10.1. The second kappa shape index (κ2) is 15.6. The first-order chi connectivity index (χ1) is 26.1. The van der Waals surface area contributed by atoms with E-state index in [2.05, 4.69) is 0 Å². The third-order valence-electron chi connectivity index (χ3n) is 14.0. The van der Waals surface area contributed by atoms with E-state index >= 15 is 0 Å². The van der Waals surface area contributed by atoms with Crippen LogP contribution in [0.25, 0.3) is 0 Å². The van der Waals surface area contributed by atoms with E-state index in [4.69, 9.17) is 18.9 Å². The van der Waals surface area contributed by atoms with Crippen LogP contribution in [0.2, 0.25) is 0 Å². The first-order valence-electron chi connectivity index (χ1n) is 20.4. The maximum Gasteiger partial charge on any atom is 0.346 e. The molecule has 16 heteroatoms. The Balaban J connectivity index is 1.75. The van der Waals surface area contributed by atoms with E-state index in [1.165, 1.54) is 0 Å². The van der Waals surface area contributed by atoms with Crippen molar-refractivity contribution in [2.75, 3.05) is 26.4 Å². The van der Waals surface area contributed by atoms with Gasteiger partial charge in [0.2, 0.25) is 0 Å². The summed E-state index contributed by atoms with van der Waals surface area (Å²) in [5.74, 6) is -7.49. The zero-order valence-electron chi connectivity index (χ0n) is 37.7. The standard InChI is InChI=1S/C42H68N4O12/c1-35(2)17-25(39(9,10)43(35)51)21-55-31(47)29(32(48)56-22-26-18-36(3,4)44(52)40(26,11)12)30(33(49)57-23-27-19-37(5,6)45(53)41(27,13)14)34(50)58-24-28-20-38(7,8)46(54)42(28,15)16/h25-28H,17-24H2,1-16H3. The second-order valence-electron chi connectivity index (χ2n) is 21.8. The van der Waals surface area contributed by atoms with Gasteiger partial charge >= 0.3 is 23.9 Å². The van der Waals surface area contributed by atoms with Crippen LogP contribution in [-0.2, 0) is 59.0 Å². The summed E-state index contributed by atoms with van der Waals surface area (Å²) in [6, 6.07) is 0. The lowest BCUT2D eigenvalue weighted by Gasteiger charge is -2.34. The molecule has 0 bridgehead atoms. The van der Waals surface area contributed by atoms with E-state index in [0.29, 0.717) is 25.7 Å². The highest BCUT2D eigenvalue weighted by molar-refractivity contribution is 6.28. The van der Waals surface area contributed by atoms with Crippen molar-refractivity contribution >= 4 is 23.9 Å². The van der Waals surface area contributed by atoms with Crippen LogP contribution < -0.4 is 0 Å². The SMILES string of the molecule is CC1(C)CC(COC(=O)C(C(=O)OCC2CC(C)(C)N([O])C2(C)C)=C(C(=O)OCC2CC(C)(C)N([O])C2(C)C)C(=O)OCC2CC(C)(C)N([O])C2(C)C)C(C)(C)N1[O]. The summed E-state index contributed by atoms with van der Waals surface area (Å²) in [5, 5.41) is 56.3. The van der Waals surface area contributed by atoms with Crippen LogP contribution in [0.15, 0.2) is 11.1 Å². The quantitative estimate of drug-likeness (QED) is 0.0805. The Morgan fingerprint density at radius 3 is 0.638 bits per heavy atom. The molecule has 0 saturated carbocycles. The van der Waals surface area contributed by atoms with Gasteiger partial charge in [0.1, 0.15) is 0 Å². The van der Waals surface area contributed by atoms with Crippen molar-refractivity contribution < 1.29 is 59.0 Å². The highest BCUT2D eigenvalue weighted by Gasteiger charge is 2.56. The number of ether oxygens (including phenoxy) is 4. The summed E-state index contributed by atoms with van der Waals surface area (Å²) in [5.41, 5.74) is -9.21. The summed E-state index contributed by atoms with van der Waals surface area (Å²) < 4.78 is 22.8. The monoisotopic (exact) mass is 820 g/mol. The molecule has 328 valence electrons. The number of hydrogen-bond donors (Lipinski definition) is 0. The Morgan fingerprint density at radius 1 is 0.362 bits per heavy atom. The topological polar surface area (TPSA) is 198 Å². The number of rotatable bonds is 12. The minimum atomic E-state index is -1.37. The Bertz CT molecular complexity index is 1410. The fourth-order valence-electron chi connectivity index (χ4n) is 10.1. The minimum Gasteiger partial charge on any atom is -0.462 e. The Kier molecular flexibility index (Phi) is 12.9. The molecule has 16 nitrogen and oxygen atoms in total. The average molecular weight is 821 g/mol. The lowest BCUT2D eigenvalue weighted by atomic mass is 9.87. The van der Waals surface area contributed by atoms with Gasteiger partial charge in [0.15, 0.2) is 11.1 Å². The fraction of sp³-hybridized carbons (Fsp3) is 0.857. The van der Waals surface area contributed by atoms with Gasteiger partial charge in [-0.1, -0.05) is 0 Å². The van der Waals surface area contributed by atoms with Crippen LogP contribution >= 0.6 is 0 Å². The molecule has 4 unspecified atom stereocenters. The highest BCUT2D eigenvalue weighted by atomic mass is 16.6. The molecule has 0 aromatic carbocycles. The smallest absolute Gasteiger partial charge is 0.346 e. The summed E-state index contributed by atoms with van der Waals surface area (Å²) in [6.45, 7) is 26.5. The van der Waals surface area contributed by atoms with E-state index in [9.17, 15) is 40.0 Å². The molecule has 4 radical (unpaired) electrons. The number of esters is 4.